The molecule has 0 atom stereocenters. The predicted octanol–water partition coefficient (Wildman–Crippen LogP) is 4.19. The Bertz CT molecular complexity index is 839. The molecule has 0 bridgehead atoms. The Morgan fingerprint density at radius 2 is 2.00 bits per heavy atom. The number of aromatic amines is 1. The number of aryl methyl sites for hydroxylation is 2. The van der Waals surface area contributed by atoms with Gasteiger partial charge in [0.05, 0.1) is 11.0 Å². The summed E-state index contributed by atoms with van der Waals surface area (Å²) in [4.78, 5) is 19.8. The van der Waals surface area contributed by atoms with Crippen LogP contribution in [0.15, 0.2) is 40.9 Å². The molecular weight excluding hydrogens is 330 g/mol. The topological polar surface area (TPSA) is 57.8 Å². The summed E-state index contributed by atoms with van der Waals surface area (Å²) >= 11 is 3.44. The molecule has 0 unspecified atom stereocenters. The molecular formula is C16H14BrN3O. The molecule has 0 saturated heterocycles. The maximum atomic E-state index is 12.3. The molecule has 0 saturated carbocycles. The highest BCUT2D eigenvalue weighted by Gasteiger charge is 2.08. The summed E-state index contributed by atoms with van der Waals surface area (Å²) < 4.78 is 0.926. The average molecular weight is 344 g/mol. The molecule has 2 aromatic carbocycles. The summed E-state index contributed by atoms with van der Waals surface area (Å²) in [6, 6.07) is 11.2. The van der Waals surface area contributed by atoms with Gasteiger partial charge in [-0.1, -0.05) is 22.0 Å². The molecule has 5 heteroatoms. The zero-order chi connectivity index (χ0) is 15.0. The second kappa shape index (κ2) is 5.33. The van der Waals surface area contributed by atoms with Crippen LogP contribution in [-0.2, 0) is 0 Å². The molecule has 3 aromatic rings. The van der Waals surface area contributed by atoms with Gasteiger partial charge in [0, 0.05) is 15.7 Å². The van der Waals surface area contributed by atoms with Crippen molar-refractivity contribution in [3.05, 3.63) is 57.8 Å². The van der Waals surface area contributed by atoms with Crippen molar-refractivity contribution in [2.75, 3.05) is 5.32 Å². The highest BCUT2D eigenvalue weighted by molar-refractivity contribution is 9.10. The maximum Gasteiger partial charge on any atom is 0.255 e. The molecule has 1 amide bonds. The van der Waals surface area contributed by atoms with Crippen LogP contribution in [0.2, 0.25) is 0 Å². The van der Waals surface area contributed by atoms with Crippen molar-refractivity contribution in [1.82, 2.24) is 9.97 Å². The number of H-pyrrole nitrogens is 1. The zero-order valence-corrected chi connectivity index (χ0v) is 13.3. The average Bonchev–Trinajstić information content (AvgIpc) is 2.81. The minimum absolute atomic E-state index is 0.133. The first-order valence-electron chi connectivity index (χ1n) is 6.57. The molecule has 0 spiro atoms. The van der Waals surface area contributed by atoms with Crippen molar-refractivity contribution in [3.8, 4) is 0 Å². The second-order valence-corrected chi connectivity index (χ2v) is 5.83. The Kier molecular flexibility index (Phi) is 3.51. The van der Waals surface area contributed by atoms with Gasteiger partial charge in [-0.15, -0.1) is 0 Å². The van der Waals surface area contributed by atoms with Crippen LogP contribution in [0, 0.1) is 13.8 Å². The van der Waals surface area contributed by atoms with Crippen LogP contribution in [0.3, 0.4) is 0 Å². The van der Waals surface area contributed by atoms with E-state index in [0.717, 1.165) is 32.6 Å². The van der Waals surface area contributed by atoms with Crippen molar-refractivity contribution >= 4 is 38.6 Å². The van der Waals surface area contributed by atoms with Gasteiger partial charge in [-0.3, -0.25) is 4.79 Å². The summed E-state index contributed by atoms with van der Waals surface area (Å²) in [5.74, 6) is 0.724. The minimum Gasteiger partial charge on any atom is -0.342 e. The number of nitrogens with one attached hydrogen (secondary N) is 2. The van der Waals surface area contributed by atoms with Crippen molar-refractivity contribution in [1.29, 1.82) is 0 Å². The molecule has 4 nitrogen and oxygen atoms in total. The highest BCUT2D eigenvalue weighted by atomic mass is 79.9. The fourth-order valence-electron chi connectivity index (χ4n) is 2.15. The van der Waals surface area contributed by atoms with Crippen molar-refractivity contribution < 1.29 is 4.79 Å². The number of aromatic nitrogens is 2. The first-order valence-corrected chi connectivity index (χ1v) is 7.36. The van der Waals surface area contributed by atoms with E-state index in [9.17, 15) is 4.79 Å². The fraction of sp³-hybridized carbons (Fsp3) is 0.125. The van der Waals surface area contributed by atoms with Crippen LogP contribution in [-0.4, -0.2) is 15.9 Å². The molecule has 1 aromatic heterocycles. The first kappa shape index (κ1) is 13.8. The molecule has 0 aliphatic carbocycles. The maximum absolute atomic E-state index is 12.3. The van der Waals surface area contributed by atoms with Gasteiger partial charge in [0.1, 0.15) is 5.82 Å². The monoisotopic (exact) mass is 343 g/mol. The van der Waals surface area contributed by atoms with Gasteiger partial charge < -0.3 is 10.3 Å². The van der Waals surface area contributed by atoms with Gasteiger partial charge in [0.15, 0.2) is 0 Å². The van der Waals surface area contributed by atoms with E-state index in [2.05, 4.69) is 31.2 Å². The summed E-state index contributed by atoms with van der Waals surface area (Å²) in [5.41, 5.74) is 4.26. The van der Waals surface area contributed by atoms with Gasteiger partial charge in [0.25, 0.3) is 5.91 Å². The number of anilines is 1. The molecule has 2 N–H and O–H groups in total. The zero-order valence-electron chi connectivity index (χ0n) is 11.7. The normalized spacial score (nSPS) is 10.8. The summed E-state index contributed by atoms with van der Waals surface area (Å²) in [6.07, 6.45) is 0. The fourth-order valence-corrected chi connectivity index (χ4v) is 2.53. The quantitative estimate of drug-likeness (QED) is 0.732. The van der Waals surface area contributed by atoms with E-state index in [4.69, 9.17) is 0 Å². The Morgan fingerprint density at radius 1 is 1.19 bits per heavy atom. The van der Waals surface area contributed by atoms with E-state index >= 15 is 0 Å². The van der Waals surface area contributed by atoms with Gasteiger partial charge in [-0.25, -0.2) is 4.98 Å². The van der Waals surface area contributed by atoms with E-state index in [1.54, 1.807) is 0 Å². The molecule has 0 fully saturated rings. The number of amides is 1. The lowest BCUT2D eigenvalue weighted by atomic mass is 10.1. The number of hydrogen-bond donors (Lipinski definition) is 2. The van der Waals surface area contributed by atoms with Crippen LogP contribution in [0.5, 0.6) is 0 Å². The van der Waals surface area contributed by atoms with Crippen LogP contribution in [0.25, 0.3) is 11.0 Å². The lowest BCUT2D eigenvalue weighted by molar-refractivity contribution is 0.102. The number of rotatable bonds is 2. The summed E-state index contributed by atoms with van der Waals surface area (Å²) in [6.45, 7) is 3.89. The first-order chi connectivity index (χ1) is 10.0. The number of hydrogen-bond acceptors (Lipinski definition) is 2. The molecule has 3 rings (SSSR count). The van der Waals surface area contributed by atoms with E-state index in [0.29, 0.717) is 5.56 Å². The number of carbonyl (C=O) groups is 1. The number of halogens is 1. The number of nitrogens with zero attached hydrogens (tertiary/aromatic N) is 1. The van der Waals surface area contributed by atoms with Gasteiger partial charge in [-0.05, 0) is 49.7 Å². The smallest absolute Gasteiger partial charge is 0.255 e. The Balaban J connectivity index is 1.86. The second-order valence-electron chi connectivity index (χ2n) is 4.97. The third-order valence-electron chi connectivity index (χ3n) is 3.29. The molecule has 0 radical (unpaired) electrons. The lowest BCUT2D eigenvalue weighted by Gasteiger charge is -2.06. The van der Waals surface area contributed by atoms with E-state index in [-0.39, 0.29) is 5.91 Å². The Labute approximate surface area is 130 Å². The van der Waals surface area contributed by atoms with Crippen molar-refractivity contribution in [3.63, 3.8) is 0 Å². The SMILES string of the molecule is Cc1nc2ccc(NC(=O)c3ccc(C)c(Br)c3)cc2[nH]1. The molecule has 21 heavy (non-hydrogen) atoms. The lowest BCUT2D eigenvalue weighted by Crippen LogP contribution is -2.11. The number of carbonyl (C=O) groups excluding carboxylic acids is 1. The van der Waals surface area contributed by atoms with Crippen LogP contribution in [0.4, 0.5) is 5.69 Å². The van der Waals surface area contributed by atoms with Gasteiger partial charge in [-0.2, -0.15) is 0 Å². The molecule has 0 aliphatic heterocycles. The van der Waals surface area contributed by atoms with Crippen molar-refractivity contribution in [2.45, 2.75) is 13.8 Å². The molecule has 0 aliphatic rings. The van der Waals surface area contributed by atoms with Crippen molar-refractivity contribution in [2.24, 2.45) is 0 Å². The number of imidazole rings is 1. The summed E-state index contributed by atoms with van der Waals surface area (Å²) in [7, 11) is 0. The molecule has 1 heterocycles. The van der Waals surface area contributed by atoms with E-state index in [1.165, 1.54) is 0 Å². The standard InChI is InChI=1S/C16H14BrN3O/c1-9-3-4-11(7-13(9)17)16(21)20-12-5-6-14-15(8-12)19-10(2)18-14/h3-8H,1-2H3,(H,18,19)(H,20,21). The third kappa shape index (κ3) is 2.83. The van der Waals surface area contributed by atoms with Crippen LogP contribution in [0.1, 0.15) is 21.7 Å². The minimum atomic E-state index is -0.133. The Morgan fingerprint density at radius 3 is 2.76 bits per heavy atom. The molecule has 106 valence electrons. The third-order valence-corrected chi connectivity index (χ3v) is 4.15. The van der Waals surface area contributed by atoms with Crippen LogP contribution >= 0.6 is 15.9 Å². The van der Waals surface area contributed by atoms with Gasteiger partial charge >= 0.3 is 0 Å². The van der Waals surface area contributed by atoms with Crippen LogP contribution < -0.4 is 5.32 Å². The highest BCUT2D eigenvalue weighted by Crippen LogP contribution is 2.20. The predicted molar refractivity (Wildman–Crippen MR) is 87.7 cm³/mol. The van der Waals surface area contributed by atoms with E-state index in [1.807, 2.05) is 50.2 Å². The van der Waals surface area contributed by atoms with Gasteiger partial charge in [0.2, 0.25) is 0 Å². The Hall–Kier alpha value is -2.14. The number of benzene rings is 2. The summed E-state index contributed by atoms with van der Waals surface area (Å²) in [5, 5.41) is 2.90. The number of fused-ring (bicyclic) bond motifs is 1. The largest absolute Gasteiger partial charge is 0.342 e. The van der Waals surface area contributed by atoms with E-state index < -0.39 is 0 Å².